The van der Waals surface area contributed by atoms with Crippen molar-refractivity contribution in [1.82, 2.24) is 0 Å². The number of aryl methyl sites for hydroxylation is 1. The predicted octanol–water partition coefficient (Wildman–Crippen LogP) is 5.97. The van der Waals surface area contributed by atoms with E-state index in [1.807, 2.05) is 54.6 Å². The Bertz CT molecular complexity index is 1200. The third-order valence-electron chi connectivity index (χ3n) is 5.22. The van der Waals surface area contributed by atoms with Crippen molar-refractivity contribution in [1.29, 1.82) is 0 Å². The van der Waals surface area contributed by atoms with Gasteiger partial charge in [0, 0.05) is 34.3 Å². The molecule has 4 aromatic rings. The first kappa shape index (κ1) is 19.5. The maximum atomic E-state index is 12.9. The number of hydrogen-bond donors (Lipinski definition) is 3. The zero-order chi connectivity index (χ0) is 20.9. The van der Waals surface area contributed by atoms with Crippen molar-refractivity contribution in [3.05, 3.63) is 102 Å². The predicted molar refractivity (Wildman–Crippen MR) is 123 cm³/mol. The van der Waals surface area contributed by atoms with Crippen molar-refractivity contribution in [3.8, 4) is 5.75 Å². The number of anilines is 2. The highest BCUT2D eigenvalue weighted by Gasteiger charge is 2.10. The summed E-state index contributed by atoms with van der Waals surface area (Å²) in [5.74, 6) is 0.0192. The average molecular weight is 396 g/mol. The summed E-state index contributed by atoms with van der Waals surface area (Å²) in [6.07, 6.45) is 0.964. The van der Waals surface area contributed by atoms with Gasteiger partial charge in [0.25, 0.3) is 5.91 Å². The monoisotopic (exact) mass is 396 g/mol. The summed E-state index contributed by atoms with van der Waals surface area (Å²) in [5.41, 5.74) is 4.68. The second-order valence-electron chi connectivity index (χ2n) is 7.20. The van der Waals surface area contributed by atoms with Gasteiger partial charge in [-0.25, -0.2) is 0 Å². The zero-order valence-corrected chi connectivity index (χ0v) is 16.9. The van der Waals surface area contributed by atoms with Gasteiger partial charge in [0.1, 0.15) is 5.75 Å². The Labute approximate surface area is 176 Å². The number of nitrogens with one attached hydrogen (secondary N) is 2. The maximum absolute atomic E-state index is 12.9. The van der Waals surface area contributed by atoms with Crippen molar-refractivity contribution in [3.63, 3.8) is 0 Å². The molecule has 0 unspecified atom stereocenters. The maximum Gasteiger partial charge on any atom is 0.255 e. The molecular formula is C26H24N2O2. The standard InChI is InChI=1S/C26H24N2O2/c1-2-19-9-3-4-13-23(19)27-17-18-8-5-10-20(16-18)26(30)28-24-14-6-12-22-21(24)11-7-15-25(22)29/h3-16,27,29H,2,17H2,1H3,(H,28,30). The smallest absolute Gasteiger partial charge is 0.255 e. The minimum absolute atomic E-state index is 0.179. The van der Waals surface area contributed by atoms with E-state index in [4.69, 9.17) is 0 Å². The second-order valence-corrected chi connectivity index (χ2v) is 7.20. The Balaban J connectivity index is 1.51. The summed E-state index contributed by atoms with van der Waals surface area (Å²) in [7, 11) is 0. The average Bonchev–Trinajstić information content (AvgIpc) is 2.79. The van der Waals surface area contributed by atoms with Crippen LogP contribution in [-0.2, 0) is 13.0 Å². The molecule has 0 saturated heterocycles. The Kier molecular flexibility index (Phi) is 5.66. The van der Waals surface area contributed by atoms with E-state index in [2.05, 4.69) is 29.7 Å². The lowest BCUT2D eigenvalue weighted by molar-refractivity contribution is 0.102. The number of rotatable bonds is 6. The lowest BCUT2D eigenvalue weighted by Gasteiger charge is -2.12. The molecule has 4 heteroatoms. The molecule has 4 nitrogen and oxygen atoms in total. The first-order valence-electron chi connectivity index (χ1n) is 10.1. The molecule has 3 N–H and O–H groups in total. The quantitative estimate of drug-likeness (QED) is 0.376. The van der Waals surface area contributed by atoms with Crippen LogP contribution < -0.4 is 10.6 Å². The van der Waals surface area contributed by atoms with Crippen molar-refractivity contribution < 1.29 is 9.90 Å². The molecule has 0 heterocycles. The minimum Gasteiger partial charge on any atom is -0.507 e. The number of phenolic OH excluding ortho intramolecular Hbond substituents is 1. The SMILES string of the molecule is CCc1ccccc1NCc1cccc(C(=O)Nc2cccc3c(O)cccc23)c1. The molecule has 0 bridgehead atoms. The van der Waals surface area contributed by atoms with Gasteiger partial charge < -0.3 is 15.7 Å². The molecule has 0 radical (unpaired) electrons. The summed E-state index contributed by atoms with van der Waals surface area (Å²) in [6.45, 7) is 2.78. The molecule has 4 rings (SSSR count). The molecule has 30 heavy (non-hydrogen) atoms. The van der Waals surface area contributed by atoms with Crippen LogP contribution in [0.15, 0.2) is 84.9 Å². The summed E-state index contributed by atoms with van der Waals surface area (Å²) in [6, 6.07) is 26.7. The summed E-state index contributed by atoms with van der Waals surface area (Å²) >= 11 is 0. The highest BCUT2D eigenvalue weighted by molar-refractivity contribution is 6.09. The largest absolute Gasteiger partial charge is 0.507 e. The Morgan fingerprint density at radius 1 is 0.833 bits per heavy atom. The van der Waals surface area contributed by atoms with Gasteiger partial charge in [-0.15, -0.1) is 0 Å². The first-order chi connectivity index (χ1) is 14.7. The van der Waals surface area contributed by atoms with Crippen molar-refractivity contribution in [2.75, 3.05) is 10.6 Å². The molecule has 0 aliphatic rings. The summed E-state index contributed by atoms with van der Waals surface area (Å²) < 4.78 is 0. The van der Waals surface area contributed by atoms with E-state index in [0.717, 1.165) is 23.1 Å². The van der Waals surface area contributed by atoms with Crippen LogP contribution in [0.1, 0.15) is 28.4 Å². The Hall–Kier alpha value is -3.79. The van der Waals surface area contributed by atoms with E-state index in [0.29, 0.717) is 23.2 Å². The van der Waals surface area contributed by atoms with E-state index in [-0.39, 0.29) is 11.7 Å². The summed E-state index contributed by atoms with van der Waals surface area (Å²) in [5, 5.41) is 18.0. The van der Waals surface area contributed by atoms with E-state index >= 15 is 0 Å². The highest BCUT2D eigenvalue weighted by Crippen LogP contribution is 2.30. The van der Waals surface area contributed by atoms with E-state index in [1.54, 1.807) is 18.2 Å². The number of aromatic hydroxyl groups is 1. The Morgan fingerprint density at radius 3 is 2.43 bits per heavy atom. The molecule has 1 amide bonds. The first-order valence-corrected chi connectivity index (χ1v) is 10.1. The van der Waals surface area contributed by atoms with Gasteiger partial charge >= 0.3 is 0 Å². The number of carbonyl (C=O) groups is 1. The van der Waals surface area contributed by atoms with E-state index < -0.39 is 0 Å². The van der Waals surface area contributed by atoms with Crippen molar-refractivity contribution in [2.24, 2.45) is 0 Å². The van der Waals surface area contributed by atoms with Crippen LogP contribution in [0.3, 0.4) is 0 Å². The third kappa shape index (κ3) is 4.13. The van der Waals surface area contributed by atoms with Gasteiger partial charge in [0.2, 0.25) is 0 Å². The molecule has 0 aliphatic heterocycles. The van der Waals surface area contributed by atoms with E-state index in [9.17, 15) is 9.90 Å². The van der Waals surface area contributed by atoms with Crippen LogP contribution in [0.2, 0.25) is 0 Å². The van der Waals surface area contributed by atoms with Gasteiger partial charge in [-0.2, -0.15) is 0 Å². The lowest BCUT2D eigenvalue weighted by Crippen LogP contribution is -2.13. The number of carbonyl (C=O) groups excluding carboxylic acids is 1. The molecule has 4 aromatic carbocycles. The van der Waals surface area contributed by atoms with Gasteiger partial charge in [0.05, 0.1) is 0 Å². The van der Waals surface area contributed by atoms with Crippen molar-refractivity contribution >= 4 is 28.1 Å². The molecule has 0 atom stereocenters. The van der Waals surface area contributed by atoms with Crippen LogP contribution in [0.25, 0.3) is 10.8 Å². The summed E-state index contributed by atoms with van der Waals surface area (Å²) in [4.78, 5) is 12.9. The van der Waals surface area contributed by atoms with Crippen LogP contribution in [0.4, 0.5) is 11.4 Å². The fourth-order valence-electron chi connectivity index (χ4n) is 3.62. The fourth-order valence-corrected chi connectivity index (χ4v) is 3.62. The lowest BCUT2D eigenvalue weighted by atomic mass is 10.1. The fraction of sp³-hybridized carbons (Fsp3) is 0.115. The topological polar surface area (TPSA) is 61.4 Å². The molecule has 0 spiro atoms. The van der Waals surface area contributed by atoms with Gasteiger partial charge in [0.15, 0.2) is 0 Å². The number of para-hydroxylation sites is 1. The van der Waals surface area contributed by atoms with Crippen LogP contribution in [0.5, 0.6) is 5.75 Å². The minimum atomic E-state index is -0.179. The van der Waals surface area contributed by atoms with Gasteiger partial charge in [-0.05, 0) is 47.9 Å². The number of fused-ring (bicyclic) bond motifs is 1. The van der Waals surface area contributed by atoms with Crippen LogP contribution in [-0.4, -0.2) is 11.0 Å². The molecule has 0 fully saturated rings. The zero-order valence-electron chi connectivity index (χ0n) is 16.9. The van der Waals surface area contributed by atoms with Crippen LogP contribution >= 0.6 is 0 Å². The number of benzene rings is 4. The third-order valence-corrected chi connectivity index (χ3v) is 5.22. The number of amides is 1. The number of phenols is 1. The molecule has 150 valence electrons. The Morgan fingerprint density at radius 2 is 1.57 bits per heavy atom. The number of hydrogen-bond acceptors (Lipinski definition) is 3. The molecular weight excluding hydrogens is 372 g/mol. The highest BCUT2D eigenvalue weighted by atomic mass is 16.3. The normalized spacial score (nSPS) is 10.7. The second kappa shape index (κ2) is 8.70. The van der Waals surface area contributed by atoms with Gasteiger partial charge in [-0.3, -0.25) is 4.79 Å². The molecule has 0 aromatic heterocycles. The molecule has 0 saturated carbocycles. The van der Waals surface area contributed by atoms with Gasteiger partial charge in [-0.1, -0.05) is 61.5 Å². The van der Waals surface area contributed by atoms with E-state index in [1.165, 1.54) is 5.56 Å². The van der Waals surface area contributed by atoms with Crippen molar-refractivity contribution in [2.45, 2.75) is 19.9 Å². The van der Waals surface area contributed by atoms with Crippen LogP contribution in [0, 0.1) is 0 Å². The molecule has 0 aliphatic carbocycles.